The molecule has 1 rings (SSSR count). The summed E-state index contributed by atoms with van der Waals surface area (Å²) in [5, 5.41) is 7.70. The van der Waals surface area contributed by atoms with Crippen molar-refractivity contribution in [3.05, 3.63) is 21.8 Å². The second-order valence-corrected chi connectivity index (χ2v) is 6.72. The van der Waals surface area contributed by atoms with Crippen LogP contribution < -0.4 is 5.01 Å². The first-order valence-electron chi connectivity index (χ1n) is 8.56. The monoisotopic (exact) mass is 605 g/mol. The zero-order valence-electron chi connectivity index (χ0n) is 17.1. The molecular weight excluding hydrogens is 600 g/mol. The summed E-state index contributed by atoms with van der Waals surface area (Å²) in [6.45, 7) is -1.11. The number of nitrogens with zero attached hydrogens (tertiary/aromatic N) is 5. The van der Waals surface area contributed by atoms with E-state index >= 15 is 0 Å². The first-order chi connectivity index (χ1) is 16.5. The summed E-state index contributed by atoms with van der Waals surface area (Å²) in [6, 6.07) is 0. The molecule has 0 aromatic carbocycles. The number of hydrogen-bond acceptors (Lipinski definition) is 5. The van der Waals surface area contributed by atoms with Crippen molar-refractivity contribution < 1.29 is 84.1 Å². The van der Waals surface area contributed by atoms with Crippen molar-refractivity contribution >= 4 is 5.95 Å². The maximum Gasteiger partial charge on any atom is 0.419 e. The van der Waals surface area contributed by atoms with Crippen LogP contribution >= 0.6 is 0 Å². The number of aromatic nitrogens is 3. The summed E-state index contributed by atoms with van der Waals surface area (Å²) in [6.07, 6.45) is -47.2. The highest BCUT2D eigenvalue weighted by Gasteiger charge is 2.89. The Morgan fingerprint density at radius 3 is 0.974 bits per heavy atom. The molecular formula is C13H5F18N5O2. The van der Waals surface area contributed by atoms with Gasteiger partial charge in [-0.2, -0.15) is 89.0 Å². The molecule has 0 aliphatic rings. The molecule has 0 saturated heterocycles. The molecule has 0 bridgehead atoms. The number of hydrogen-bond donors (Lipinski definition) is 0. The molecule has 1 heterocycles. The predicted octanol–water partition coefficient (Wildman–Crippen LogP) is 5.74. The second kappa shape index (κ2) is 9.01. The fraction of sp³-hybridized carbons (Fsp3) is 0.769. The molecule has 0 atom stereocenters. The van der Waals surface area contributed by atoms with E-state index in [1.807, 2.05) is 0 Å². The van der Waals surface area contributed by atoms with Gasteiger partial charge >= 0.3 is 47.9 Å². The number of alkyl halides is 18. The van der Waals surface area contributed by atoms with Crippen LogP contribution in [0, 0.1) is 10.1 Å². The molecule has 0 N–H and O–H groups in total. The van der Waals surface area contributed by atoms with Gasteiger partial charge in [0, 0.05) is 0 Å². The molecule has 38 heavy (non-hydrogen) atoms. The maximum atomic E-state index is 13.4. The van der Waals surface area contributed by atoms with E-state index < -0.39 is 82.1 Å². The Hall–Kier alpha value is -3.05. The van der Waals surface area contributed by atoms with Crippen LogP contribution in [-0.4, -0.2) is 63.6 Å². The van der Waals surface area contributed by atoms with Gasteiger partial charge in [-0.1, -0.05) is 5.01 Å². The van der Waals surface area contributed by atoms with Crippen LogP contribution in [0.1, 0.15) is 18.6 Å². The van der Waals surface area contributed by atoms with Gasteiger partial charge in [0.1, 0.15) is 0 Å². The van der Waals surface area contributed by atoms with Crippen molar-refractivity contribution in [3.63, 3.8) is 0 Å². The number of halogens is 18. The highest BCUT2D eigenvalue weighted by atomic mass is 19.4. The Morgan fingerprint density at radius 1 is 0.579 bits per heavy atom. The van der Waals surface area contributed by atoms with E-state index in [0.717, 1.165) is 4.98 Å². The molecule has 220 valence electrons. The highest BCUT2D eigenvalue weighted by Crippen LogP contribution is 2.62. The van der Waals surface area contributed by atoms with Gasteiger partial charge < -0.3 is 0 Å². The molecule has 0 unspecified atom stereocenters. The van der Waals surface area contributed by atoms with E-state index in [9.17, 15) is 89.1 Å². The van der Waals surface area contributed by atoms with E-state index in [4.69, 9.17) is 0 Å². The zero-order chi connectivity index (χ0) is 30.7. The minimum absolute atomic E-state index is 0.432. The van der Waals surface area contributed by atoms with E-state index in [1.165, 1.54) is 0 Å². The molecule has 1 aromatic rings. The minimum atomic E-state index is -7.87. The Labute approximate surface area is 194 Å². The first-order valence-corrected chi connectivity index (χ1v) is 8.56. The highest BCUT2D eigenvalue weighted by molar-refractivity contribution is 5.34. The van der Waals surface area contributed by atoms with Crippen LogP contribution in [0.15, 0.2) is 0 Å². The molecule has 0 fully saturated rings. The van der Waals surface area contributed by atoms with Crippen LogP contribution in [0.4, 0.5) is 85.0 Å². The molecule has 1 aromatic heterocycles. The number of nitro groups is 1. The zero-order valence-corrected chi connectivity index (χ0v) is 17.1. The van der Waals surface area contributed by atoms with Gasteiger partial charge in [0.05, 0.1) is 6.54 Å². The summed E-state index contributed by atoms with van der Waals surface area (Å²) in [4.78, 5) is 15.6. The lowest BCUT2D eigenvalue weighted by Crippen LogP contribution is -2.66. The summed E-state index contributed by atoms with van der Waals surface area (Å²) in [5.74, 6) is -11.4. The third-order valence-corrected chi connectivity index (χ3v) is 4.57. The molecule has 0 amide bonds. The summed E-state index contributed by atoms with van der Waals surface area (Å²) in [7, 11) is 0. The second-order valence-electron chi connectivity index (χ2n) is 6.72. The molecule has 25 heteroatoms. The third kappa shape index (κ3) is 4.66. The Balaban J connectivity index is 4.75. The SMILES string of the molecule is CCN(c1nc(C(C(F)(F)F)(C(F)(F)F)C(F)(F)F)nc(C(C(F)(F)F)(C(F)(F)F)C(F)(F)F)n1)[N+](=O)[O-]. The summed E-state index contributed by atoms with van der Waals surface area (Å²) >= 11 is 0. The standard InChI is InChI=1S/C13H5F18N5O2/c1-2-35(36(37)38)5-33-3(6(8(14,15)16,9(17,18)19)10(20,21)22)32-4(34-5)7(11(23,24)25,12(26,27)28)13(29,30)31/h2H2,1H3. The molecule has 0 saturated carbocycles. The Bertz CT molecular complexity index is 894. The van der Waals surface area contributed by atoms with Gasteiger partial charge in [-0.15, -0.1) is 0 Å². The smallest absolute Gasteiger partial charge is 0.234 e. The predicted molar refractivity (Wildman–Crippen MR) is 79.5 cm³/mol. The van der Waals surface area contributed by atoms with Crippen LogP contribution in [0.25, 0.3) is 0 Å². The van der Waals surface area contributed by atoms with Crippen molar-refractivity contribution in [1.29, 1.82) is 0 Å². The molecule has 0 aliphatic carbocycles. The van der Waals surface area contributed by atoms with Crippen molar-refractivity contribution in [2.75, 3.05) is 11.6 Å². The summed E-state index contributed by atoms with van der Waals surface area (Å²) in [5.41, 5.74) is -15.3. The van der Waals surface area contributed by atoms with Crippen molar-refractivity contribution in [3.8, 4) is 0 Å². The van der Waals surface area contributed by atoms with Gasteiger partial charge in [0.2, 0.25) is 0 Å². The molecule has 7 nitrogen and oxygen atoms in total. The Kier molecular flexibility index (Phi) is 7.82. The van der Waals surface area contributed by atoms with E-state index in [0.29, 0.717) is 6.92 Å². The number of hydrazine groups is 1. The van der Waals surface area contributed by atoms with Crippen LogP contribution in [0.2, 0.25) is 0 Å². The fourth-order valence-electron chi connectivity index (χ4n) is 2.87. The van der Waals surface area contributed by atoms with E-state index in [2.05, 4.69) is 0 Å². The molecule has 0 radical (unpaired) electrons. The van der Waals surface area contributed by atoms with Crippen LogP contribution in [0.5, 0.6) is 0 Å². The third-order valence-electron chi connectivity index (χ3n) is 4.57. The van der Waals surface area contributed by atoms with E-state index in [1.54, 1.807) is 9.97 Å². The van der Waals surface area contributed by atoms with Crippen LogP contribution in [0.3, 0.4) is 0 Å². The quantitative estimate of drug-likeness (QED) is 0.242. The molecule has 0 spiro atoms. The van der Waals surface area contributed by atoms with Crippen LogP contribution in [-0.2, 0) is 10.8 Å². The maximum absolute atomic E-state index is 13.4. The normalized spacial score (nSPS) is 15.0. The van der Waals surface area contributed by atoms with Crippen molar-refractivity contribution in [1.82, 2.24) is 15.0 Å². The van der Waals surface area contributed by atoms with Gasteiger partial charge in [0.15, 0.2) is 16.7 Å². The van der Waals surface area contributed by atoms with Gasteiger partial charge in [-0.05, 0) is 6.92 Å². The van der Waals surface area contributed by atoms with E-state index in [-0.39, 0.29) is 0 Å². The Morgan fingerprint density at radius 2 is 0.816 bits per heavy atom. The topological polar surface area (TPSA) is 85.0 Å². The summed E-state index contributed by atoms with van der Waals surface area (Å²) < 4.78 is 241. The van der Waals surface area contributed by atoms with Gasteiger partial charge in [0.25, 0.3) is 5.95 Å². The average molecular weight is 605 g/mol. The number of anilines is 1. The largest absolute Gasteiger partial charge is 0.419 e. The lowest BCUT2D eigenvalue weighted by atomic mass is 9.82. The van der Waals surface area contributed by atoms with Gasteiger partial charge in [-0.25, -0.2) is 15.1 Å². The first kappa shape index (κ1) is 33.0. The minimum Gasteiger partial charge on any atom is -0.234 e. The average Bonchev–Trinajstić information content (AvgIpc) is 2.54. The lowest BCUT2D eigenvalue weighted by molar-refractivity contribution is -0.495. The fourth-order valence-corrected chi connectivity index (χ4v) is 2.87. The lowest BCUT2D eigenvalue weighted by Gasteiger charge is -2.39. The van der Waals surface area contributed by atoms with Crippen molar-refractivity contribution in [2.45, 2.75) is 54.8 Å². The van der Waals surface area contributed by atoms with Gasteiger partial charge in [-0.3, -0.25) is 0 Å². The number of rotatable bonds is 5. The molecule has 0 aliphatic heterocycles. The van der Waals surface area contributed by atoms with Crippen molar-refractivity contribution in [2.24, 2.45) is 0 Å².